The van der Waals surface area contributed by atoms with E-state index in [0.717, 1.165) is 5.01 Å². The lowest BCUT2D eigenvalue weighted by Crippen LogP contribution is -2.24. The number of nitrogens with zero attached hydrogens (tertiary/aromatic N) is 2. The van der Waals surface area contributed by atoms with E-state index in [1.807, 2.05) is 13.8 Å². The molecule has 0 aromatic carbocycles. The van der Waals surface area contributed by atoms with Crippen molar-refractivity contribution in [2.24, 2.45) is 0 Å². The number of thiazole rings is 1. The van der Waals surface area contributed by atoms with Crippen LogP contribution >= 0.6 is 11.3 Å². The third-order valence-corrected chi connectivity index (χ3v) is 3.79. The number of nitrogens with one attached hydrogen (secondary N) is 1. The van der Waals surface area contributed by atoms with Crippen LogP contribution < -0.4 is 10.9 Å². The van der Waals surface area contributed by atoms with Crippen molar-refractivity contribution in [3.05, 3.63) is 44.3 Å². The van der Waals surface area contributed by atoms with Crippen LogP contribution in [-0.2, 0) is 6.54 Å². The molecule has 0 unspecified atom stereocenters. The van der Waals surface area contributed by atoms with Crippen LogP contribution in [0.5, 0.6) is 0 Å². The third-order valence-electron chi connectivity index (χ3n) is 2.72. The second kappa shape index (κ2) is 5.36. The summed E-state index contributed by atoms with van der Waals surface area (Å²) in [5, 5.41) is 3.49. The molecule has 2 aromatic rings. The first kappa shape index (κ1) is 13.5. The Hall–Kier alpha value is -1.95. The first-order valence-corrected chi connectivity index (χ1v) is 6.79. The molecule has 0 aliphatic carbocycles. The quantitative estimate of drug-likeness (QED) is 0.935. The van der Waals surface area contributed by atoms with Gasteiger partial charge in [-0.15, -0.1) is 11.3 Å². The molecule has 0 radical (unpaired) electrons. The van der Waals surface area contributed by atoms with Gasteiger partial charge in [-0.1, -0.05) is 0 Å². The van der Waals surface area contributed by atoms with Gasteiger partial charge in [-0.2, -0.15) is 0 Å². The van der Waals surface area contributed by atoms with Crippen molar-refractivity contribution in [2.75, 3.05) is 5.32 Å². The zero-order chi connectivity index (χ0) is 14.0. The monoisotopic (exact) mass is 277 g/mol. The normalized spacial score (nSPS) is 10.5. The lowest BCUT2D eigenvalue weighted by molar-refractivity contribution is 0.102. The van der Waals surface area contributed by atoms with Gasteiger partial charge >= 0.3 is 0 Å². The molecule has 0 spiro atoms. The number of carbonyl (C=O) groups excluding carboxylic acids is 1. The number of hydrogen-bond acceptors (Lipinski definition) is 4. The average molecular weight is 277 g/mol. The van der Waals surface area contributed by atoms with Gasteiger partial charge in [0.1, 0.15) is 10.6 Å². The molecule has 19 heavy (non-hydrogen) atoms. The molecule has 0 atom stereocenters. The van der Waals surface area contributed by atoms with Gasteiger partial charge < -0.3 is 9.88 Å². The number of hydrogen-bond donors (Lipinski definition) is 1. The fraction of sp³-hybridized carbons (Fsp3) is 0.308. The standard InChI is InChI=1S/C13H15N3O2S/c1-4-16-7-5-6-10(13(16)18)15-12(17)11-8(2)14-9(3)19-11/h5-7H,4H2,1-3H3,(H,15,17). The van der Waals surface area contributed by atoms with Gasteiger partial charge in [0.05, 0.1) is 10.7 Å². The lowest BCUT2D eigenvalue weighted by atomic mass is 10.3. The molecule has 0 saturated heterocycles. The largest absolute Gasteiger partial charge is 0.317 e. The predicted octanol–water partition coefficient (Wildman–Crippen LogP) is 2.19. The van der Waals surface area contributed by atoms with Crippen LogP contribution in [0.4, 0.5) is 5.69 Å². The second-order valence-corrected chi connectivity index (χ2v) is 5.32. The van der Waals surface area contributed by atoms with Gasteiger partial charge in [0, 0.05) is 12.7 Å². The Morgan fingerprint density at radius 1 is 1.47 bits per heavy atom. The molecule has 0 bridgehead atoms. The van der Waals surface area contributed by atoms with Crippen molar-refractivity contribution >= 4 is 22.9 Å². The fourth-order valence-electron chi connectivity index (χ4n) is 1.80. The zero-order valence-electron chi connectivity index (χ0n) is 11.1. The molecule has 0 aliphatic heterocycles. The Labute approximate surface area is 114 Å². The summed E-state index contributed by atoms with van der Waals surface area (Å²) < 4.78 is 1.54. The summed E-state index contributed by atoms with van der Waals surface area (Å²) in [4.78, 5) is 28.9. The highest BCUT2D eigenvalue weighted by molar-refractivity contribution is 7.13. The maximum Gasteiger partial charge on any atom is 0.274 e. The number of aromatic nitrogens is 2. The average Bonchev–Trinajstić information content (AvgIpc) is 2.71. The Balaban J connectivity index is 2.29. The van der Waals surface area contributed by atoms with Crippen molar-refractivity contribution in [3.8, 4) is 0 Å². The van der Waals surface area contributed by atoms with Gasteiger partial charge in [-0.25, -0.2) is 4.98 Å². The Bertz CT molecular complexity index is 673. The SMILES string of the molecule is CCn1cccc(NC(=O)c2sc(C)nc2C)c1=O. The van der Waals surface area contributed by atoms with E-state index in [9.17, 15) is 9.59 Å². The van der Waals surface area contributed by atoms with E-state index in [2.05, 4.69) is 10.3 Å². The van der Waals surface area contributed by atoms with Crippen LogP contribution in [0.2, 0.25) is 0 Å². The highest BCUT2D eigenvalue weighted by Crippen LogP contribution is 2.18. The van der Waals surface area contributed by atoms with Crippen LogP contribution in [0.25, 0.3) is 0 Å². The zero-order valence-corrected chi connectivity index (χ0v) is 11.9. The van der Waals surface area contributed by atoms with E-state index in [-0.39, 0.29) is 11.5 Å². The molecule has 1 amide bonds. The first-order chi connectivity index (χ1) is 9.02. The van der Waals surface area contributed by atoms with Crippen molar-refractivity contribution < 1.29 is 4.79 Å². The van der Waals surface area contributed by atoms with Gasteiger partial charge in [0.15, 0.2) is 0 Å². The number of rotatable bonds is 3. The summed E-state index contributed by atoms with van der Waals surface area (Å²) >= 11 is 1.33. The maximum atomic E-state index is 12.1. The van der Waals surface area contributed by atoms with Crippen molar-refractivity contribution in [2.45, 2.75) is 27.3 Å². The lowest BCUT2D eigenvalue weighted by Gasteiger charge is -2.06. The molecule has 2 aromatic heterocycles. The smallest absolute Gasteiger partial charge is 0.274 e. The number of anilines is 1. The second-order valence-electron chi connectivity index (χ2n) is 4.11. The Morgan fingerprint density at radius 3 is 2.79 bits per heavy atom. The Kier molecular flexibility index (Phi) is 3.80. The molecule has 100 valence electrons. The van der Waals surface area contributed by atoms with E-state index < -0.39 is 0 Å². The molecule has 1 N–H and O–H groups in total. The molecule has 0 saturated carbocycles. The van der Waals surface area contributed by atoms with Gasteiger partial charge in [-0.3, -0.25) is 9.59 Å². The molecule has 0 fully saturated rings. The molecular formula is C13H15N3O2S. The van der Waals surface area contributed by atoms with Crippen molar-refractivity contribution in [1.29, 1.82) is 0 Å². The van der Waals surface area contributed by atoms with Crippen molar-refractivity contribution in [3.63, 3.8) is 0 Å². The summed E-state index contributed by atoms with van der Waals surface area (Å²) in [6, 6.07) is 3.35. The summed E-state index contributed by atoms with van der Waals surface area (Å²) in [6.45, 7) is 6.08. The fourth-order valence-corrected chi connectivity index (χ4v) is 2.62. The van der Waals surface area contributed by atoms with Crippen LogP contribution in [0.1, 0.15) is 27.3 Å². The van der Waals surface area contributed by atoms with E-state index in [4.69, 9.17) is 0 Å². The number of aryl methyl sites for hydroxylation is 3. The highest BCUT2D eigenvalue weighted by atomic mass is 32.1. The minimum atomic E-state index is -0.283. The Morgan fingerprint density at radius 2 is 2.21 bits per heavy atom. The van der Waals surface area contributed by atoms with E-state index in [0.29, 0.717) is 22.8 Å². The number of carbonyl (C=O) groups is 1. The molecule has 6 heteroatoms. The van der Waals surface area contributed by atoms with E-state index in [1.54, 1.807) is 29.8 Å². The molecule has 2 rings (SSSR count). The third kappa shape index (κ3) is 2.73. The highest BCUT2D eigenvalue weighted by Gasteiger charge is 2.15. The minimum absolute atomic E-state index is 0.197. The first-order valence-electron chi connectivity index (χ1n) is 5.97. The van der Waals surface area contributed by atoms with E-state index in [1.165, 1.54) is 11.3 Å². The predicted molar refractivity (Wildman–Crippen MR) is 75.9 cm³/mol. The van der Waals surface area contributed by atoms with Crippen LogP contribution in [0.3, 0.4) is 0 Å². The summed E-state index contributed by atoms with van der Waals surface area (Å²) in [5.74, 6) is -0.283. The molecule has 2 heterocycles. The van der Waals surface area contributed by atoms with E-state index >= 15 is 0 Å². The van der Waals surface area contributed by atoms with Crippen LogP contribution in [0, 0.1) is 13.8 Å². The molecular weight excluding hydrogens is 262 g/mol. The summed E-state index contributed by atoms with van der Waals surface area (Å²) in [5.41, 5.74) is 0.781. The van der Waals surface area contributed by atoms with Gasteiger partial charge in [-0.05, 0) is 32.9 Å². The summed E-state index contributed by atoms with van der Waals surface area (Å²) in [6.07, 6.45) is 1.69. The molecule has 5 nitrogen and oxygen atoms in total. The van der Waals surface area contributed by atoms with Crippen molar-refractivity contribution in [1.82, 2.24) is 9.55 Å². The van der Waals surface area contributed by atoms with Crippen LogP contribution in [-0.4, -0.2) is 15.5 Å². The minimum Gasteiger partial charge on any atom is -0.317 e. The van der Waals surface area contributed by atoms with Gasteiger partial charge in [0.2, 0.25) is 0 Å². The molecule has 0 aliphatic rings. The topological polar surface area (TPSA) is 64.0 Å². The number of pyridine rings is 1. The number of amides is 1. The van der Waals surface area contributed by atoms with Crippen LogP contribution in [0.15, 0.2) is 23.1 Å². The summed E-state index contributed by atoms with van der Waals surface area (Å²) in [7, 11) is 0. The maximum absolute atomic E-state index is 12.1. The van der Waals surface area contributed by atoms with Gasteiger partial charge in [0.25, 0.3) is 11.5 Å².